The van der Waals surface area contributed by atoms with Gasteiger partial charge in [-0.05, 0) is 36.5 Å². The van der Waals surface area contributed by atoms with Crippen molar-refractivity contribution < 1.29 is 0 Å². The second-order valence-electron chi connectivity index (χ2n) is 4.90. The molecule has 1 nitrogen and oxygen atoms in total. The molecular weight excluding hydrogens is 218 g/mol. The van der Waals surface area contributed by atoms with Crippen LogP contribution in [0.5, 0.6) is 0 Å². The van der Waals surface area contributed by atoms with Gasteiger partial charge >= 0.3 is 0 Å². The van der Waals surface area contributed by atoms with E-state index in [0.717, 1.165) is 11.4 Å². The SMILES string of the molecule is CCC1CCCCC1(N)c1ccc(Cl)cc1. The second kappa shape index (κ2) is 4.77. The number of hydrogen-bond donors (Lipinski definition) is 1. The smallest absolute Gasteiger partial charge is 0.0438 e. The molecule has 88 valence electrons. The molecule has 0 amide bonds. The molecule has 2 atom stereocenters. The average molecular weight is 238 g/mol. The average Bonchev–Trinajstić information content (AvgIpc) is 2.30. The molecule has 1 aromatic rings. The Morgan fingerprint density at radius 2 is 2.00 bits per heavy atom. The first-order chi connectivity index (χ1) is 7.66. The van der Waals surface area contributed by atoms with Gasteiger partial charge < -0.3 is 5.73 Å². The van der Waals surface area contributed by atoms with Crippen LogP contribution >= 0.6 is 11.6 Å². The maximum atomic E-state index is 6.64. The van der Waals surface area contributed by atoms with Gasteiger partial charge in [0, 0.05) is 10.6 Å². The van der Waals surface area contributed by atoms with Crippen LogP contribution in [-0.2, 0) is 5.54 Å². The van der Waals surface area contributed by atoms with Gasteiger partial charge in [0.15, 0.2) is 0 Å². The third kappa shape index (κ3) is 2.11. The number of halogens is 1. The minimum atomic E-state index is -0.127. The van der Waals surface area contributed by atoms with E-state index in [2.05, 4.69) is 19.1 Å². The van der Waals surface area contributed by atoms with Gasteiger partial charge in [-0.2, -0.15) is 0 Å². The normalized spacial score (nSPS) is 30.3. The number of benzene rings is 1. The van der Waals surface area contributed by atoms with Gasteiger partial charge in [-0.1, -0.05) is 49.9 Å². The van der Waals surface area contributed by atoms with E-state index in [1.54, 1.807) is 0 Å². The molecule has 1 aliphatic rings. The minimum Gasteiger partial charge on any atom is -0.321 e. The van der Waals surface area contributed by atoms with E-state index >= 15 is 0 Å². The van der Waals surface area contributed by atoms with Crippen molar-refractivity contribution in [2.24, 2.45) is 11.7 Å². The number of hydrogen-bond acceptors (Lipinski definition) is 1. The molecule has 1 fully saturated rings. The molecule has 0 heterocycles. The molecule has 16 heavy (non-hydrogen) atoms. The van der Waals surface area contributed by atoms with Crippen LogP contribution in [0.3, 0.4) is 0 Å². The molecule has 0 spiro atoms. The highest BCUT2D eigenvalue weighted by atomic mass is 35.5. The van der Waals surface area contributed by atoms with Crippen LogP contribution in [0.2, 0.25) is 5.02 Å². The van der Waals surface area contributed by atoms with E-state index in [1.807, 2.05) is 12.1 Å². The fraction of sp³-hybridized carbons (Fsp3) is 0.571. The van der Waals surface area contributed by atoms with Crippen LogP contribution in [0.15, 0.2) is 24.3 Å². The summed E-state index contributed by atoms with van der Waals surface area (Å²) >= 11 is 5.93. The van der Waals surface area contributed by atoms with Crippen LogP contribution in [0.1, 0.15) is 44.6 Å². The highest BCUT2D eigenvalue weighted by Crippen LogP contribution is 2.41. The van der Waals surface area contributed by atoms with Crippen LogP contribution in [-0.4, -0.2) is 0 Å². The number of rotatable bonds is 2. The predicted molar refractivity (Wildman–Crippen MR) is 69.6 cm³/mol. The third-order valence-electron chi connectivity index (χ3n) is 4.00. The molecule has 1 aromatic carbocycles. The maximum Gasteiger partial charge on any atom is 0.0438 e. The summed E-state index contributed by atoms with van der Waals surface area (Å²) in [5, 5.41) is 0.788. The summed E-state index contributed by atoms with van der Waals surface area (Å²) in [6.07, 6.45) is 6.10. The van der Waals surface area contributed by atoms with Crippen molar-refractivity contribution >= 4 is 11.6 Å². The molecule has 2 heteroatoms. The maximum absolute atomic E-state index is 6.64. The molecular formula is C14H20ClN. The lowest BCUT2D eigenvalue weighted by Gasteiger charge is -2.41. The standard InChI is InChI=1S/C14H20ClN/c1-2-11-5-3-4-10-14(11,16)12-6-8-13(15)9-7-12/h6-9,11H,2-5,10,16H2,1H3. The van der Waals surface area contributed by atoms with Crippen molar-refractivity contribution in [3.8, 4) is 0 Å². The predicted octanol–water partition coefficient (Wildman–Crippen LogP) is 4.09. The highest BCUT2D eigenvalue weighted by Gasteiger charge is 2.37. The Kier molecular flexibility index (Phi) is 3.56. The summed E-state index contributed by atoms with van der Waals surface area (Å²) in [5.74, 6) is 0.613. The van der Waals surface area contributed by atoms with E-state index < -0.39 is 0 Å². The monoisotopic (exact) mass is 237 g/mol. The summed E-state index contributed by atoms with van der Waals surface area (Å²) in [5.41, 5.74) is 7.77. The molecule has 1 aliphatic carbocycles. The van der Waals surface area contributed by atoms with Gasteiger partial charge in [-0.3, -0.25) is 0 Å². The Morgan fingerprint density at radius 1 is 1.31 bits per heavy atom. The van der Waals surface area contributed by atoms with Crippen molar-refractivity contribution in [3.63, 3.8) is 0 Å². The fourth-order valence-electron chi connectivity index (χ4n) is 2.98. The van der Waals surface area contributed by atoms with Crippen LogP contribution in [0.25, 0.3) is 0 Å². The van der Waals surface area contributed by atoms with Crippen molar-refractivity contribution in [1.29, 1.82) is 0 Å². The van der Waals surface area contributed by atoms with Crippen LogP contribution < -0.4 is 5.73 Å². The van der Waals surface area contributed by atoms with Crippen LogP contribution in [0.4, 0.5) is 0 Å². The molecule has 2 N–H and O–H groups in total. The molecule has 2 unspecified atom stereocenters. The zero-order valence-electron chi connectivity index (χ0n) is 9.88. The minimum absolute atomic E-state index is 0.127. The molecule has 0 bridgehead atoms. The largest absolute Gasteiger partial charge is 0.321 e. The summed E-state index contributed by atoms with van der Waals surface area (Å²) in [6, 6.07) is 8.09. The van der Waals surface area contributed by atoms with Crippen molar-refractivity contribution in [2.75, 3.05) is 0 Å². The Morgan fingerprint density at radius 3 is 2.62 bits per heavy atom. The van der Waals surface area contributed by atoms with Gasteiger partial charge in [-0.25, -0.2) is 0 Å². The first-order valence-corrected chi connectivity index (χ1v) is 6.59. The van der Waals surface area contributed by atoms with Gasteiger partial charge in [0.05, 0.1) is 0 Å². The summed E-state index contributed by atoms with van der Waals surface area (Å²) in [4.78, 5) is 0. The molecule has 0 saturated heterocycles. The van der Waals surface area contributed by atoms with Gasteiger partial charge in [0.1, 0.15) is 0 Å². The highest BCUT2D eigenvalue weighted by molar-refractivity contribution is 6.30. The Hall–Kier alpha value is -0.530. The van der Waals surface area contributed by atoms with E-state index in [4.69, 9.17) is 17.3 Å². The Balaban J connectivity index is 2.31. The zero-order chi connectivity index (χ0) is 11.6. The van der Waals surface area contributed by atoms with Crippen molar-refractivity contribution in [1.82, 2.24) is 0 Å². The lowest BCUT2D eigenvalue weighted by atomic mass is 9.68. The summed E-state index contributed by atoms with van der Waals surface area (Å²) in [7, 11) is 0. The van der Waals surface area contributed by atoms with E-state index in [0.29, 0.717) is 5.92 Å². The molecule has 0 aromatic heterocycles. The van der Waals surface area contributed by atoms with Crippen molar-refractivity contribution in [2.45, 2.75) is 44.6 Å². The topological polar surface area (TPSA) is 26.0 Å². The third-order valence-corrected chi connectivity index (χ3v) is 4.25. The molecule has 0 radical (unpaired) electrons. The van der Waals surface area contributed by atoms with Crippen LogP contribution in [0, 0.1) is 5.92 Å². The lowest BCUT2D eigenvalue weighted by molar-refractivity contribution is 0.184. The second-order valence-corrected chi connectivity index (χ2v) is 5.33. The quantitative estimate of drug-likeness (QED) is 0.824. The first-order valence-electron chi connectivity index (χ1n) is 6.21. The van der Waals surface area contributed by atoms with Crippen molar-refractivity contribution in [3.05, 3.63) is 34.9 Å². The van der Waals surface area contributed by atoms with Gasteiger partial charge in [-0.15, -0.1) is 0 Å². The first kappa shape index (κ1) is 11.9. The fourth-order valence-corrected chi connectivity index (χ4v) is 3.10. The summed E-state index contributed by atoms with van der Waals surface area (Å²) in [6.45, 7) is 2.24. The van der Waals surface area contributed by atoms with E-state index in [1.165, 1.54) is 31.2 Å². The zero-order valence-corrected chi connectivity index (χ0v) is 10.6. The summed E-state index contributed by atoms with van der Waals surface area (Å²) < 4.78 is 0. The molecule has 1 saturated carbocycles. The van der Waals surface area contributed by atoms with Gasteiger partial charge in [0.25, 0.3) is 0 Å². The molecule has 2 rings (SSSR count). The van der Waals surface area contributed by atoms with Gasteiger partial charge in [0.2, 0.25) is 0 Å². The number of nitrogens with two attached hydrogens (primary N) is 1. The van der Waals surface area contributed by atoms with E-state index in [-0.39, 0.29) is 5.54 Å². The lowest BCUT2D eigenvalue weighted by Crippen LogP contribution is -2.46. The molecule has 0 aliphatic heterocycles. The Bertz CT molecular complexity index is 346. The Labute approximate surface area is 103 Å². The van der Waals surface area contributed by atoms with E-state index in [9.17, 15) is 0 Å².